The normalized spacial score (nSPS) is 13.6. The molecule has 0 aliphatic carbocycles. The van der Waals surface area contributed by atoms with Crippen molar-refractivity contribution < 1.29 is 14.6 Å². The SMILES string of the molecule is CCC(C)(CC)CC(O)COc1ccc(C(C)(C)c2ccc(OC(C)(CC)CC)cc2)cc1. The van der Waals surface area contributed by atoms with Crippen molar-refractivity contribution in [2.24, 2.45) is 5.41 Å². The molecule has 0 saturated carbocycles. The van der Waals surface area contributed by atoms with E-state index in [-0.39, 0.29) is 16.4 Å². The van der Waals surface area contributed by atoms with Gasteiger partial charge in [0, 0.05) is 5.41 Å². The van der Waals surface area contributed by atoms with Gasteiger partial charge in [0.1, 0.15) is 23.7 Å². The fourth-order valence-electron chi connectivity index (χ4n) is 4.11. The molecule has 1 atom stereocenters. The molecule has 0 heterocycles. The van der Waals surface area contributed by atoms with Gasteiger partial charge in [-0.1, -0.05) is 85.6 Å². The molecule has 0 bridgehead atoms. The van der Waals surface area contributed by atoms with Crippen LogP contribution < -0.4 is 9.47 Å². The highest BCUT2D eigenvalue weighted by atomic mass is 16.5. The zero-order valence-electron chi connectivity index (χ0n) is 22.2. The maximum absolute atomic E-state index is 10.4. The lowest BCUT2D eigenvalue weighted by atomic mass is 9.78. The Balaban J connectivity index is 2.02. The average Bonchev–Trinajstić information content (AvgIpc) is 2.83. The third-order valence-corrected chi connectivity index (χ3v) is 7.89. The van der Waals surface area contributed by atoms with E-state index in [1.165, 1.54) is 11.1 Å². The molecule has 2 rings (SSSR count). The number of aliphatic hydroxyl groups is 1. The van der Waals surface area contributed by atoms with E-state index in [1.54, 1.807) is 0 Å². The lowest BCUT2D eigenvalue weighted by Gasteiger charge is -2.30. The van der Waals surface area contributed by atoms with Crippen LogP contribution in [0.3, 0.4) is 0 Å². The van der Waals surface area contributed by atoms with Crippen LogP contribution in [0.15, 0.2) is 48.5 Å². The quantitative estimate of drug-likeness (QED) is 0.334. The first-order valence-corrected chi connectivity index (χ1v) is 12.7. The smallest absolute Gasteiger partial charge is 0.120 e. The second-order valence-corrected chi connectivity index (χ2v) is 10.6. The second-order valence-electron chi connectivity index (χ2n) is 10.6. The molecule has 0 aliphatic heterocycles. The molecule has 0 saturated heterocycles. The van der Waals surface area contributed by atoms with Crippen LogP contribution in [0.4, 0.5) is 0 Å². The Hall–Kier alpha value is -2.00. The molecule has 0 fully saturated rings. The van der Waals surface area contributed by atoms with Gasteiger partial charge in [0.15, 0.2) is 0 Å². The summed E-state index contributed by atoms with van der Waals surface area (Å²) in [6.45, 7) is 17.9. The summed E-state index contributed by atoms with van der Waals surface area (Å²) in [5.41, 5.74) is 2.38. The molecule has 3 nitrogen and oxygen atoms in total. The van der Waals surface area contributed by atoms with Crippen molar-refractivity contribution in [1.82, 2.24) is 0 Å². The van der Waals surface area contributed by atoms with Crippen molar-refractivity contribution in [2.75, 3.05) is 6.61 Å². The number of benzene rings is 2. The number of rotatable bonds is 13. The molecule has 184 valence electrons. The number of ether oxygens (including phenoxy) is 2. The van der Waals surface area contributed by atoms with Crippen molar-refractivity contribution in [3.05, 3.63) is 59.7 Å². The average molecular weight is 455 g/mol. The molecule has 0 amide bonds. The number of hydrogen-bond donors (Lipinski definition) is 1. The summed E-state index contributed by atoms with van der Waals surface area (Å²) in [7, 11) is 0. The number of hydrogen-bond acceptors (Lipinski definition) is 3. The zero-order chi connectivity index (χ0) is 24.7. The standard InChI is InChI=1S/C30H46O3/c1-9-29(7,10-2)21-25(31)22-32-26-17-13-23(14-18-26)28(5,6)24-15-19-27(20-16-24)33-30(8,11-3)12-4/h13-20,25,31H,9-12,21-22H2,1-8H3. The molecule has 1 N–H and O–H groups in total. The molecule has 0 aromatic heterocycles. The zero-order valence-corrected chi connectivity index (χ0v) is 22.2. The van der Waals surface area contributed by atoms with Crippen LogP contribution in [0.25, 0.3) is 0 Å². The van der Waals surface area contributed by atoms with Crippen LogP contribution >= 0.6 is 0 Å². The van der Waals surface area contributed by atoms with Crippen molar-refractivity contribution in [3.8, 4) is 11.5 Å². The maximum Gasteiger partial charge on any atom is 0.120 e. The van der Waals surface area contributed by atoms with E-state index in [2.05, 4.69) is 91.8 Å². The Kier molecular flexibility index (Phi) is 9.43. The first kappa shape index (κ1) is 27.2. The lowest BCUT2D eigenvalue weighted by molar-refractivity contribution is 0.0578. The predicted molar refractivity (Wildman–Crippen MR) is 139 cm³/mol. The van der Waals surface area contributed by atoms with E-state index in [0.29, 0.717) is 6.61 Å². The van der Waals surface area contributed by atoms with Gasteiger partial charge in [0.05, 0.1) is 6.10 Å². The van der Waals surface area contributed by atoms with Gasteiger partial charge in [-0.2, -0.15) is 0 Å². The molecule has 2 aromatic carbocycles. The summed E-state index contributed by atoms with van der Waals surface area (Å²) in [5.74, 6) is 1.72. The summed E-state index contributed by atoms with van der Waals surface area (Å²) in [6.07, 6.45) is 4.41. The topological polar surface area (TPSA) is 38.7 Å². The van der Waals surface area contributed by atoms with E-state index in [1.807, 2.05) is 12.1 Å². The maximum atomic E-state index is 10.4. The molecular weight excluding hydrogens is 408 g/mol. The van der Waals surface area contributed by atoms with Gasteiger partial charge in [-0.3, -0.25) is 0 Å². The molecule has 0 spiro atoms. The highest BCUT2D eigenvalue weighted by Crippen LogP contribution is 2.35. The Labute approximate surface area is 202 Å². The van der Waals surface area contributed by atoms with Crippen LogP contribution in [-0.2, 0) is 5.41 Å². The minimum absolute atomic E-state index is 0.119. The fraction of sp³-hybridized carbons (Fsp3) is 0.600. The van der Waals surface area contributed by atoms with Crippen molar-refractivity contribution in [2.45, 2.75) is 105 Å². The van der Waals surface area contributed by atoms with Crippen molar-refractivity contribution >= 4 is 0 Å². The highest BCUT2D eigenvalue weighted by molar-refractivity contribution is 5.42. The summed E-state index contributed by atoms with van der Waals surface area (Å²) < 4.78 is 12.1. The van der Waals surface area contributed by atoms with Gasteiger partial charge in [-0.25, -0.2) is 0 Å². The minimum atomic E-state index is -0.450. The molecule has 1 unspecified atom stereocenters. The van der Waals surface area contributed by atoms with Crippen LogP contribution in [-0.4, -0.2) is 23.4 Å². The Morgan fingerprint density at radius 1 is 0.697 bits per heavy atom. The third kappa shape index (κ3) is 7.24. The van der Waals surface area contributed by atoms with E-state index in [0.717, 1.165) is 43.6 Å². The largest absolute Gasteiger partial charge is 0.491 e. The molecule has 0 radical (unpaired) electrons. The second kappa shape index (κ2) is 11.4. The van der Waals surface area contributed by atoms with Gasteiger partial charge < -0.3 is 14.6 Å². The van der Waals surface area contributed by atoms with E-state index in [9.17, 15) is 5.11 Å². The first-order chi connectivity index (χ1) is 15.5. The first-order valence-electron chi connectivity index (χ1n) is 12.7. The van der Waals surface area contributed by atoms with Gasteiger partial charge in [0.2, 0.25) is 0 Å². The van der Waals surface area contributed by atoms with Gasteiger partial charge in [-0.15, -0.1) is 0 Å². The van der Waals surface area contributed by atoms with E-state index in [4.69, 9.17) is 9.47 Å². The molecule has 2 aromatic rings. The fourth-order valence-corrected chi connectivity index (χ4v) is 4.11. The monoisotopic (exact) mass is 454 g/mol. The summed E-state index contributed by atoms with van der Waals surface area (Å²) in [4.78, 5) is 0. The van der Waals surface area contributed by atoms with Crippen molar-refractivity contribution in [1.29, 1.82) is 0 Å². The summed E-state index contributed by atoms with van der Waals surface area (Å²) in [5, 5.41) is 10.4. The van der Waals surface area contributed by atoms with Gasteiger partial charge in [-0.05, 0) is 67.0 Å². The minimum Gasteiger partial charge on any atom is -0.491 e. The molecule has 33 heavy (non-hydrogen) atoms. The predicted octanol–water partition coefficient (Wildman–Crippen LogP) is 7.93. The molecule has 3 heteroatoms. The van der Waals surface area contributed by atoms with Crippen LogP contribution in [0, 0.1) is 5.41 Å². The number of aliphatic hydroxyl groups excluding tert-OH is 1. The van der Waals surface area contributed by atoms with E-state index >= 15 is 0 Å². The Bertz CT molecular complexity index is 828. The lowest BCUT2D eigenvalue weighted by Crippen LogP contribution is -2.30. The Morgan fingerprint density at radius 2 is 1.15 bits per heavy atom. The molecular formula is C30H46O3. The summed E-state index contributed by atoms with van der Waals surface area (Å²) in [6, 6.07) is 16.8. The Morgan fingerprint density at radius 3 is 1.58 bits per heavy atom. The van der Waals surface area contributed by atoms with Crippen LogP contribution in [0.2, 0.25) is 0 Å². The highest BCUT2D eigenvalue weighted by Gasteiger charge is 2.26. The van der Waals surface area contributed by atoms with Gasteiger partial charge in [0.25, 0.3) is 0 Å². The van der Waals surface area contributed by atoms with Crippen molar-refractivity contribution in [3.63, 3.8) is 0 Å². The van der Waals surface area contributed by atoms with Crippen LogP contribution in [0.5, 0.6) is 11.5 Å². The van der Waals surface area contributed by atoms with E-state index < -0.39 is 6.10 Å². The molecule has 0 aliphatic rings. The van der Waals surface area contributed by atoms with Gasteiger partial charge >= 0.3 is 0 Å². The third-order valence-electron chi connectivity index (χ3n) is 7.89. The summed E-state index contributed by atoms with van der Waals surface area (Å²) >= 11 is 0. The van der Waals surface area contributed by atoms with Crippen LogP contribution in [0.1, 0.15) is 98.6 Å².